The van der Waals surface area contributed by atoms with E-state index in [9.17, 15) is 9.59 Å². The molecule has 0 aliphatic carbocycles. The number of hydrogen-bond donors (Lipinski definition) is 1. The van der Waals surface area contributed by atoms with Gasteiger partial charge >= 0.3 is 0 Å². The molecule has 196 valence electrons. The fourth-order valence-corrected chi connectivity index (χ4v) is 5.26. The summed E-state index contributed by atoms with van der Waals surface area (Å²) in [6, 6.07) is 17.6. The average Bonchev–Trinajstić information content (AvgIpc) is 2.83. The Bertz CT molecular complexity index is 1000. The predicted molar refractivity (Wildman–Crippen MR) is 145 cm³/mol. The van der Waals surface area contributed by atoms with Crippen LogP contribution in [0.4, 0.5) is 0 Å². The number of nitrogens with one attached hydrogen (secondary N) is 1. The lowest BCUT2D eigenvalue weighted by Crippen LogP contribution is -2.73. The molecule has 1 unspecified atom stereocenters. The van der Waals surface area contributed by atoms with Crippen molar-refractivity contribution in [2.45, 2.75) is 65.1 Å². The zero-order valence-corrected chi connectivity index (χ0v) is 22.7. The van der Waals surface area contributed by atoms with Crippen molar-refractivity contribution in [1.29, 1.82) is 0 Å². The lowest BCUT2D eigenvalue weighted by molar-refractivity contribution is -0.162. The van der Waals surface area contributed by atoms with Gasteiger partial charge in [0.2, 0.25) is 11.8 Å². The van der Waals surface area contributed by atoms with Crippen molar-refractivity contribution in [2.24, 2.45) is 11.8 Å². The maximum absolute atomic E-state index is 13.4. The third kappa shape index (κ3) is 6.40. The van der Waals surface area contributed by atoms with Gasteiger partial charge in [-0.25, -0.2) is 0 Å². The molecule has 0 radical (unpaired) electrons. The largest absolute Gasteiger partial charge is 0.457 e. The van der Waals surface area contributed by atoms with E-state index >= 15 is 0 Å². The predicted octanol–water partition coefficient (Wildman–Crippen LogP) is 5.26. The van der Waals surface area contributed by atoms with Crippen molar-refractivity contribution in [3.63, 3.8) is 0 Å². The van der Waals surface area contributed by atoms with Gasteiger partial charge in [0.1, 0.15) is 23.1 Å². The molecule has 1 spiro atoms. The molecule has 0 bridgehead atoms. The minimum atomic E-state index is -0.723. The summed E-state index contributed by atoms with van der Waals surface area (Å²) < 4.78 is 5.90. The number of piperidine rings is 1. The van der Waals surface area contributed by atoms with Crippen LogP contribution in [0.15, 0.2) is 54.6 Å². The second-order valence-electron chi connectivity index (χ2n) is 10.9. The fourth-order valence-electron chi connectivity index (χ4n) is 5.26. The van der Waals surface area contributed by atoms with Crippen molar-refractivity contribution >= 4 is 24.2 Å². The molecule has 4 rings (SSSR count). The number of ether oxygens (including phenoxy) is 1. The molecule has 0 aromatic heterocycles. The highest BCUT2D eigenvalue weighted by Gasteiger charge is 2.53. The number of rotatable bonds is 8. The maximum Gasteiger partial charge on any atom is 0.246 e. The number of likely N-dealkylation sites (tertiary alicyclic amines) is 1. The number of nitrogens with zero attached hydrogens (tertiary/aromatic N) is 2. The van der Waals surface area contributed by atoms with Gasteiger partial charge in [-0.05, 0) is 60.9 Å². The minimum absolute atomic E-state index is 0. The van der Waals surface area contributed by atoms with Crippen LogP contribution in [0.25, 0.3) is 0 Å². The second kappa shape index (κ2) is 12.1. The Hall–Kier alpha value is -2.57. The van der Waals surface area contributed by atoms with E-state index in [0.29, 0.717) is 37.6 Å². The molecule has 0 saturated carbocycles. The monoisotopic (exact) mass is 513 g/mol. The van der Waals surface area contributed by atoms with Gasteiger partial charge in [0.15, 0.2) is 0 Å². The van der Waals surface area contributed by atoms with Gasteiger partial charge in [0, 0.05) is 26.2 Å². The van der Waals surface area contributed by atoms with Gasteiger partial charge < -0.3 is 15.0 Å². The Morgan fingerprint density at radius 1 is 0.917 bits per heavy atom. The number of carbonyl (C=O) groups excluding carboxylic acids is 2. The standard InChI is InChI=1S/C29H39N3O3.ClH/c1-21(2)18-26-27(33)32(19-22(3)4)29(28(34)30-26)14-16-31(17-15-29)20-23-10-12-25(13-11-23)35-24-8-6-5-7-9-24;/h5-13,21-22,26H,14-20H2,1-4H3,(H,30,34);1H. The Morgan fingerprint density at radius 2 is 1.53 bits per heavy atom. The number of piperazine rings is 1. The Morgan fingerprint density at radius 3 is 2.11 bits per heavy atom. The van der Waals surface area contributed by atoms with Crippen LogP contribution in [-0.2, 0) is 16.1 Å². The quantitative estimate of drug-likeness (QED) is 0.522. The molecular formula is C29H40ClN3O3. The maximum atomic E-state index is 13.4. The van der Waals surface area contributed by atoms with Gasteiger partial charge in [-0.3, -0.25) is 14.5 Å². The summed E-state index contributed by atoms with van der Waals surface area (Å²) in [5.41, 5.74) is 0.486. The summed E-state index contributed by atoms with van der Waals surface area (Å²) >= 11 is 0. The average molecular weight is 514 g/mol. The third-order valence-corrected chi connectivity index (χ3v) is 7.06. The Kier molecular flexibility index (Phi) is 9.42. The minimum Gasteiger partial charge on any atom is -0.457 e. The molecule has 6 nitrogen and oxygen atoms in total. The van der Waals surface area contributed by atoms with Crippen LogP contribution in [0.3, 0.4) is 0 Å². The first kappa shape index (κ1) is 28.0. The topological polar surface area (TPSA) is 61.9 Å². The zero-order chi connectivity index (χ0) is 25.0. The number of carbonyl (C=O) groups is 2. The third-order valence-electron chi connectivity index (χ3n) is 7.06. The molecule has 1 atom stereocenters. The first-order valence-corrected chi connectivity index (χ1v) is 12.9. The first-order chi connectivity index (χ1) is 16.8. The van der Waals surface area contributed by atoms with E-state index in [1.165, 1.54) is 5.56 Å². The zero-order valence-electron chi connectivity index (χ0n) is 21.9. The number of hydrogen-bond acceptors (Lipinski definition) is 4. The van der Waals surface area contributed by atoms with Crippen LogP contribution in [-0.4, -0.2) is 52.8 Å². The van der Waals surface area contributed by atoms with Crippen molar-refractivity contribution in [2.75, 3.05) is 19.6 Å². The van der Waals surface area contributed by atoms with E-state index in [2.05, 4.69) is 50.0 Å². The highest BCUT2D eigenvalue weighted by molar-refractivity contribution is 6.00. The Balaban J connectivity index is 0.00000361. The highest BCUT2D eigenvalue weighted by atomic mass is 35.5. The lowest BCUT2D eigenvalue weighted by atomic mass is 9.80. The molecule has 2 aliphatic rings. The molecular weight excluding hydrogens is 474 g/mol. The number of para-hydroxylation sites is 1. The van der Waals surface area contributed by atoms with E-state index in [4.69, 9.17) is 4.74 Å². The number of amides is 2. The molecule has 2 aliphatic heterocycles. The molecule has 2 aromatic rings. The first-order valence-electron chi connectivity index (χ1n) is 12.9. The van der Waals surface area contributed by atoms with E-state index in [0.717, 1.165) is 31.1 Å². The number of benzene rings is 2. The van der Waals surface area contributed by atoms with Gasteiger partial charge in [0.05, 0.1) is 0 Å². The van der Waals surface area contributed by atoms with E-state index in [1.54, 1.807) is 0 Å². The van der Waals surface area contributed by atoms with Gasteiger partial charge in [-0.15, -0.1) is 12.4 Å². The summed E-state index contributed by atoms with van der Waals surface area (Å²) in [4.78, 5) is 31.2. The molecule has 2 fully saturated rings. The lowest BCUT2D eigenvalue weighted by Gasteiger charge is -2.52. The Labute approximate surface area is 221 Å². The van der Waals surface area contributed by atoms with Crippen LogP contribution >= 0.6 is 12.4 Å². The van der Waals surface area contributed by atoms with Crippen LogP contribution in [0.5, 0.6) is 11.5 Å². The van der Waals surface area contributed by atoms with Gasteiger partial charge in [-0.1, -0.05) is 58.0 Å². The summed E-state index contributed by atoms with van der Waals surface area (Å²) in [6.07, 6.45) is 2.02. The van der Waals surface area contributed by atoms with Crippen LogP contribution in [0.1, 0.15) is 52.5 Å². The molecule has 36 heavy (non-hydrogen) atoms. The molecule has 2 aromatic carbocycles. The molecule has 7 heteroatoms. The molecule has 1 N–H and O–H groups in total. The molecule has 2 amide bonds. The second-order valence-corrected chi connectivity index (χ2v) is 10.9. The van der Waals surface area contributed by atoms with E-state index < -0.39 is 11.6 Å². The van der Waals surface area contributed by atoms with Crippen molar-refractivity contribution in [3.8, 4) is 11.5 Å². The summed E-state index contributed by atoms with van der Waals surface area (Å²) in [5, 5.41) is 3.09. The summed E-state index contributed by atoms with van der Waals surface area (Å²) in [5.74, 6) is 2.43. The summed E-state index contributed by atoms with van der Waals surface area (Å²) in [7, 11) is 0. The van der Waals surface area contributed by atoms with Crippen molar-refractivity contribution in [1.82, 2.24) is 15.1 Å². The smallest absolute Gasteiger partial charge is 0.246 e. The van der Waals surface area contributed by atoms with E-state index in [1.807, 2.05) is 47.4 Å². The van der Waals surface area contributed by atoms with Crippen LogP contribution in [0, 0.1) is 11.8 Å². The molecule has 2 saturated heterocycles. The SMILES string of the molecule is CC(C)CC1NC(=O)C2(CCN(Cc3ccc(Oc4ccccc4)cc3)CC2)N(CC(C)C)C1=O.Cl. The molecule has 2 heterocycles. The summed E-state index contributed by atoms with van der Waals surface area (Å²) in [6.45, 7) is 11.4. The fraction of sp³-hybridized carbons (Fsp3) is 0.517. The highest BCUT2D eigenvalue weighted by Crippen LogP contribution is 2.35. The van der Waals surface area contributed by atoms with Crippen LogP contribution < -0.4 is 10.1 Å². The normalized spacial score (nSPS) is 19.9. The van der Waals surface area contributed by atoms with Gasteiger partial charge in [-0.2, -0.15) is 0 Å². The van der Waals surface area contributed by atoms with E-state index in [-0.39, 0.29) is 24.2 Å². The van der Waals surface area contributed by atoms with Gasteiger partial charge in [0.25, 0.3) is 0 Å². The van der Waals surface area contributed by atoms with Crippen molar-refractivity contribution in [3.05, 3.63) is 60.2 Å². The van der Waals surface area contributed by atoms with Crippen molar-refractivity contribution < 1.29 is 14.3 Å². The number of halogens is 1. The van der Waals surface area contributed by atoms with Crippen LogP contribution in [0.2, 0.25) is 0 Å².